The van der Waals surface area contributed by atoms with Crippen molar-refractivity contribution in [3.63, 3.8) is 0 Å². The number of aliphatic hydroxyl groups excluding tert-OH is 11. The zero-order valence-corrected chi connectivity index (χ0v) is 46.5. The van der Waals surface area contributed by atoms with Crippen molar-refractivity contribution in [2.75, 3.05) is 26.4 Å². The first-order valence-electron chi connectivity index (χ1n) is 29.9. The molecule has 3 rings (SSSR count). The minimum Gasteiger partial charge on any atom is -0.394 e. The second-order valence-electron chi connectivity index (χ2n) is 21.8. The molecule has 17 unspecified atom stereocenters. The van der Waals surface area contributed by atoms with Crippen molar-refractivity contribution in [3.8, 4) is 0 Å². The molecule has 3 heterocycles. The number of carbonyl (C=O) groups excluding carboxylic acids is 1. The van der Waals surface area contributed by atoms with E-state index in [0.29, 0.717) is 12.8 Å². The van der Waals surface area contributed by atoms with Gasteiger partial charge in [0, 0.05) is 6.42 Å². The lowest BCUT2D eigenvalue weighted by Crippen LogP contribution is -2.66. The number of ether oxygens (including phenoxy) is 6. The largest absolute Gasteiger partial charge is 0.394 e. The molecule has 0 aliphatic carbocycles. The van der Waals surface area contributed by atoms with Crippen molar-refractivity contribution < 1.29 is 89.4 Å². The Morgan fingerprint density at radius 2 is 0.829 bits per heavy atom. The highest BCUT2D eigenvalue weighted by atomic mass is 16.8. The van der Waals surface area contributed by atoms with Gasteiger partial charge >= 0.3 is 0 Å². The third kappa shape index (κ3) is 25.5. The van der Waals surface area contributed by atoms with Crippen molar-refractivity contribution in [2.45, 2.75) is 317 Å². The lowest BCUT2D eigenvalue weighted by atomic mass is 9.96. The van der Waals surface area contributed by atoms with Crippen LogP contribution in [0.5, 0.6) is 0 Å². The van der Waals surface area contributed by atoms with Gasteiger partial charge in [0.2, 0.25) is 5.91 Å². The third-order valence-electron chi connectivity index (χ3n) is 15.3. The van der Waals surface area contributed by atoms with E-state index in [2.05, 4.69) is 31.3 Å². The molecule has 76 heavy (non-hydrogen) atoms. The zero-order chi connectivity index (χ0) is 55.5. The molecule has 3 fully saturated rings. The van der Waals surface area contributed by atoms with Crippen molar-refractivity contribution in [2.24, 2.45) is 0 Å². The Hall–Kier alpha value is -1.47. The molecule has 0 saturated carbocycles. The minimum absolute atomic E-state index is 0.250. The van der Waals surface area contributed by atoms with Crippen LogP contribution < -0.4 is 5.32 Å². The van der Waals surface area contributed by atoms with Crippen LogP contribution >= 0.6 is 0 Å². The molecule has 19 heteroatoms. The van der Waals surface area contributed by atoms with E-state index in [1.807, 2.05) is 0 Å². The van der Waals surface area contributed by atoms with Crippen LogP contribution in [0.25, 0.3) is 0 Å². The lowest BCUT2D eigenvalue weighted by Gasteiger charge is -2.48. The predicted molar refractivity (Wildman–Crippen MR) is 287 cm³/mol. The summed E-state index contributed by atoms with van der Waals surface area (Å²) >= 11 is 0. The van der Waals surface area contributed by atoms with Crippen LogP contribution in [0.15, 0.2) is 12.2 Å². The molecule has 12 N–H and O–H groups in total. The Balaban J connectivity index is 1.51. The monoisotopic (exact) mass is 1090 g/mol. The number of unbranched alkanes of at least 4 members (excludes halogenated alkanes) is 26. The fourth-order valence-corrected chi connectivity index (χ4v) is 10.4. The van der Waals surface area contributed by atoms with Crippen LogP contribution in [-0.2, 0) is 33.2 Å². The summed E-state index contributed by atoms with van der Waals surface area (Å²) in [5.41, 5.74) is 0. The highest BCUT2D eigenvalue weighted by molar-refractivity contribution is 5.76. The van der Waals surface area contributed by atoms with Crippen LogP contribution in [0.1, 0.15) is 213 Å². The van der Waals surface area contributed by atoms with Gasteiger partial charge in [-0.05, 0) is 38.5 Å². The quantitative estimate of drug-likeness (QED) is 0.0283. The van der Waals surface area contributed by atoms with Gasteiger partial charge in [-0.1, -0.05) is 180 Å². The fourth-order valence-electron chi connectivity index (χ4n) is 10.4. The van der Waals surface area contributed by atoms with E-state index < -0.39 is 124 Å². The summed E-state index contributed by atoms with van der Waals surface area (Å²) < 4.78 is 34.3. The first-order chi connectivity index (χ1) is 36.8. The highest BCUT2D eigenvalue weighted by Gasteiger charge is 2.53. The molecule has 0 radical (unpaired) electrons. The molecule has 3 saturated heterocycles. The first-order valence-corrected chi connectivity index (χ1v) is 29.9. The van der Waals surface area contributed by atoms with Crippen LogP contribution in [0, 0.1) is 0 Å². The van der Waals surface area contributed by atoms with Gasteiger partial charge in [-0.2, -0.15) is 0 Å². The van der Waals surface area contributed by atoms with Crippen molar-refractivity contribution in [1.82, 2.24) is 5.32 Å². The summed E-state index contributed by atoms with van der Waals surface area (Å²) in [6, 6.07) is -0.887. The van der Waals surface area contributed by atoms with E-state index in [9.17, 15) is 61.0 Å². The van der Waals surface area contributed by atoms with Crippen LogP contribution in [0.2, 0.25) is 0 Å². The summed E-state index contributed by atoms with van der Waals surface area (Å²) in [4.78, 5) is 13.3. The molecule has 0 aromatic carbocycles. The van der Waals surface area contributed by atoms with Crippen molar-refractivity contribution >= 4 is 5.91 Å². The third-order valence-corrected chi connectivity index (χ3v) is 15.3. The number of carbonyl (C=O) groups is 1. The second kappa shape index (κ2) is 41.5. The maximum atomic E-state index is 13.3. The molecule has 19 nitrogen and oxygen atoms in total. The van der Waals surface area contributed by atoms with Gasteiger partial charge in [0.1, 0.15) is 73.2 Å². The number of hydrogen-bond donors (Lipinski definition) is 12. The standard InChI is InChI=1S/C57H107NO18/c1-3-5-7-9-11-13-15-17-19-21-23-25-27-29-31-33-35-45(63)58-40(41(62)34-32-30-28-26-24-22-20-18-16-14-12-10-8-6-4-2)39-71-55-51(69)48(66)53(43(37-60)73-55)76-57-52(70)49(67)54(44(38-61)74-57)75-56-50(68)47(65)46(64)42(36-59)72-56/h19,21,40-44,46-57,59-62,64-70H,3-18,20,22-39H2,1-2H3,(H,58,63)/b21-19-. The Morgan fingerprint density at radius 1 is 0.461 bits per heavy atom. The molecule has 0 bridgehead atoms. The number of aliphatic hydroxyl groups is 11. The van der Waals surface area contributed by atoms with Gasteiger partial charge in [-0.3, -0.25) is 4.79 Å². The summed E-state index contributed by atoms with van der Waals surface area (Å²) in [6.45, 7) is 1.78. The van der Waals surface area contributed by atoms with E-state index in [0.717, 1.165) is 64.2 Å². The van der Waals surface area contributed by atoms with Crippen LogP contribution in [0.4, 0.5) is 0 Å². The smallest absolute Gasteiger partial charge is 0.220 e. The zero-order valence-electron chi connectivity index (χ0n) is 46.5. The van der Waals surface area contributed by atoms with Gasteiger partial charge in [0.05, 0.1) is 38.6 Å². The molecule has 3 aliphatic heterocycles. The first kappa shape index (κ1) is 68.8. The van der Waals surface area contributed by atoms with Gasteiger partial charge < -0.3 is 89.9 Å². The number of amides is 1. The normalized spacial score (nSPS) is 31.0. The number of nitrogens with one attached hydrogen (secondary N) is 1. The summed E-state index contributed by atoms with van der Waals surface area (Å²) in [6.07, 6.45) is 12.9. The van der Waals surface area contributed by atoms with Crippen molar-refractivity contribution in [1.29, 1.82) is 0 Å². The maximum absolute atomic E-state index is 13.3. The average molecular weight is 1090 g/mol. The average Bonchev–Trinajstić information content (AvgIpc) is 3.41. The van der Waals surface area contributed by atoms with E-state index >= 15 is 0 Å². The Labute approximate surface area is 455 Å². The van der Waals surface area contributed by atoms with E-state index in [1.54, 1.807) is 0 Å². The summed E-state index contributed by atoms with van der Waals surface area (Å²) in [5.74, 6) is -0.250. The molecular formula is C57H107NO18. The highest BCUT2D eigenvalue weighted by Crippen LogP contribution is 2.33. The molecule has 17 atom stereocenters. The SMILES string of the molecule is CCCCCCCCC/C=C\CCCCCCCC(=O)NC(COC1OC(CO)C(OC2OC(CO)C(OC3OC(CO)C(O)C(O)C3O)C(O)C2O)C(O)C1O)C(O)CCCCCCCCCCCCCCCCC. The predicted octanol–water partition coefficient (Wildman–Crippen LogP) is 4.99. The summed E-state index contributed by atoms with van der Waals surface area (Å²) in [7, 11) is 0. The molecule has 3 aliphatic rings. The fraction of sp³-hybridized carbons (Fsp3) is 0.947. The number of hydrogen-bond acceptors (Lipinski definition) is 18. The van der Waals surface area contributed by atoms with Gasteiger partial charge in [-0.25, -0.2) is 0 Å². The van der Waals surface area contributed by atoms with E-state index in [-0.39, 0.29) is 18.9 Å². The molecule has 0 aromatic heterocycles. The van der Waals surface area contributed by atoms with Gasteiger partial charge in [0.25, 0.3) is 0 Å². The van der Waals surface area contributed by atoms with E-state index in [4.69, 9.17) is 28.4 Å². The Kier molecular flexibility index (Phi) is 37.6. The van der Waals surface area contributed by atoms with Crippen LogP contribution in [-0.4, -0.2) is 193 Å². The molecule has 448 valence electrons. The molecule has 0 spiro atoms. The summed E-state index contributed by atoms with van der Waals surface area (Å²) in [5, 5.41) is 120. The molecule has 0 aromatic rings. The maximum Gasteiger partial charge on any atom is 0.220 e. The Bertz CT molecular complexity index is 1450. The van der Waals surface area contributed by atoms with E-state index in [1.165, 1.54) is 116 Å². The number of rotatable bonds is 44. The Morgan fingerprint density at radius 3 is 1.28 bits per heavy atom. The number of allylic oxidation sites excluding steroid dienone is 2. The topological polar surface area (TPSA) is 307 Å². The van der Waals surface area contributed by atoms with Crippen molar-refractivity contribution in [3.05, 3.63) is 12.2 Å². The molecular weight excluding hydrogens is 987 g/mol. The second-order valence-corrected chi connectivity index (χ2v) is 21.8. The van der Waals surface area contributed by atoms with Gasteiger partial charge in [-0.15, -0.1) is 0 Å². The lowest BCUT2D eigenvalue weighted by molar-refractivity contribution is -0.379. The molecule has 1 amide bonds. The minimum atomic E-state index is -1.97. The van der Waals surface area contributed by atoms with Crippen LogP contribution in [0.3, 0.4) is 0 Å². The van der Waals surface area contributed by atoms with Gasteiger partial charge in [0.15, 0.2) is 18.9 Å².